The summed E-state index contributed by atoms with van der Waals surface area (Å²) in [6, 6.07) is 0. The monoisotopic (exact) mass is 100 g/mol. The fourth-order valence-electron chi connectivity index (χ4n) is 0.603. The summed E-state index contributed by atoms with van der Waals surface area (Å²) in [5.41, 5.74) is 0. The number of thiol groups is 1. The van der Waals surface area contributed by atoms with Gasteiger partial charge in [0, 0.05) is 5.25 Å². The number of hydrogen-bond acceptors (Lipinski definition) is 1. The van der Waals surface area contributed by atoms with Crippen LogP contribution in [0.15, 0.2) is 12.2 Å². The van der Waals surface area contributed by atoms with Gasteiger partial charge in [0.05, 0.1) is 0 Å². The minimum Gasteiger partial charge on any atom is -0.175 e. The largest absolute Gasteiger partial charge is 0.175 e. The summed E-state index contributed by atoms with van der Waals surface area (Å²) < 4.78 is 0. The minimum absolute atomic E-state index is 0.630. The summed E-state index contributed by atoms with van der Waals surface area (Å²) in [5.74, 6) is 0. The van der Waals surface area contributed by atoms with E-state index in [0.29, 0.717) is 5.25 Å². The van der Waals surface area contributed by atoms with Gasteiger partial charge in [-0.05, 0) is 12.8 Å². The van der Waals surface area contributed by atoms with Gasteiger partial charge in [-0.25, -0.2) is 0 Å². The second-order valence-electron chi connectivity index (χ2n) is 1.60. The Hall–Kier alpha value is 0.0900. The van der Waals surface area contributed by atoms with E-state index in [1.807, 2.05) is 0 Å². The Labute approximate surface area is 43.7 Å². The van der Waals surface area contributed by atoms with Gasteiger partial charge in [-0.3, -0.25) is 0 Å². The molecule has 0 amide bonds. The van der Waals surface area contributed by atoms with Crippen LogP contribution in [0.5, 0.6) is 0 Å². The maximum absolute atomic E-state index is 4.23. The van der Waals surface area contributed by atoms with E-state index in [4.69, 9.17) is 0 Å². The highest BCUT2D eigenvalue weighted by molar-refractivity contribution is 7.81. The lowest BCUT2D eigenvalue weighted by Crippen LogP contribution is -1.84. The molecular weight excluding hydrogens is 92.1 g/mol. The van der Waals surface area contributed by atoms with Crippen molar-refractivity contribution >= 4 is 12.6 Å². The van der Waals surface area contributed by atoms with E-state index >= 15 is 0 Å². The van der Waals surface area contributed by atoms with E-state index in [9.17, 15) is 0 Å². The van der Waals surface area contributed by atoms with Gasteiger partial charge in [0.25, 0.3) is 0 Å². The van der Waals surface area contributed by atoms with Gasteiger partial charge in [-0.15, -0.1) is 0 Å². The van der Waals surface area contributed by atoms with Crippen LogP contribution < -0.4 is 0 Å². The molecule has 0 unspecified atom stereocenters. The molecule has 0 heterocycles. The van der Waals surface area contributed by atoms with Crippen molar-refractivity contribution in [2.24, 2.45) is 0 Å². The molecule has 1 heteroatoms. The molecule has 1 rings (SSSR count). The highest BCUT2D eigenvalue weighted by Gasteiger charge is 2.01. The van der Waals surface area contributed by atoms with Gasteiger partial charge in [0.15, 0.2) is 0 Å². The van der Waals surface area contributed by atoms with E-state index in [1.54, 1.807) is 0 Å². The zero-order valence-electron chi connectivity index (χ0n) is 3.59. The van der Waals surface area contributed by atoms with Crippen LogP contribution in [-0.4, -0.2) is 5.25 Å². The Kier molecular flexibility index (Phi) is 1.20. The molecule has 0 radical (unpaired) electrons. The van der Waals surface area contributed by atoms with Crippen LogP contribution in [-0.2, 0) is 0 Å². The number of allylic oxidation sites excluding steroid dienone is 2. The maximum atomic E-state index is 4.23. The third-order valence-corrected chi connectivity index (χ3v) is 1.40. The maximum Gasteiger partial charge on any atom is 0.00857 e. The predicted octanol–water partition coefficient (Wildman–Crippen LogP) is 1.63. The highest BCUT2D eigenvalue weighted by Crippen LogP contribution is 2.14. The molecule has 6 heavy (non-hydrogen) atoms. The van der Waals surface area contributed by atoms with Crippen molar-refractivity contribution in [1.29, 1.82) is 0 Å². The summed E-state index contributed by atoms with van der Waals surface area (Å²) in [5, 5.41) is 0.630. The van der Waals surface area contributed by atoms with E-state index in [2.05, 4.69) is 24.8 Å². The SMILES string of the molecule is SC1CC=CC1. The summed E-state index contributed by atoms with van der Waals surface area (Å²) in [4.78, 5) is 0. The predicted molar refractivity (Wildman–Crippen MR) is 31.1 cm³/mol. The molecule has 0 aliphatic heterocycles. The number of rotatable bonds is 0. The zero-order valence-corrected chi connectivity index (χ0v) is 4.49. The fraction of sp³-hybridized carbons (Fsp3) is 0.600. The Balaban J connectivity index is 2.32. The first-order valence-electron chi connectivity index (χ1n) is 2.22. The van der Waals surface area contributed by atoms with Crippen LogP contribution in [0, 0.1) is 0 Å². The van der Waals surface area contributed by atoms with Gasteiger partial charge in [-0.1, -0.05) is 12.2 Å². The quantitative estimate of drug-likeness (QED) is 0.347. The summed E-state index contributed by atoms with van der Waals surface area (Å²) >= 11 is 4.23. The lowest BCUT2D eigenvalue weighted by Gasteiger charge is -1.91. The topological polar surface area (TPSA) is 0 Å². The zero-order chi connectivity index (χ0) is 4.41. The smallest absolute Gasteiger partial charge is 0.00857 e. The van der Waals surface area contributed by atoms with Crippen LogP contribution in [0.1, 0.15) is 12.8 Å². The van der Waals surface area contributed by atoms with Crippen molar-refractivity contribution in [3.05, 3.63) is 12.2 Å². The lowest BCUT2D eigenvalue weighted by molar-refractivity contribution is 0.962. The molecule has 0 saturated heterocycles. The van der Waals surface area contributed by atoms with Crippen molar-refractivity contribution < 1.29 is 0 Å². The van der Waals surface area contributed by atoms with E-state index in [1.165, 1.54) is 12.8 Å². The third kappa shape index (κ3) is 0.777. The minimum atomic E-state index is 0.630. The van der Waals surface area contributed by atoms with Gasteiger partial charge in [-0.2, -0.15) is 12.6 Å². The van der Waals surface area contributed by atoms with E-state index in [-0.39, 0.29) is 0 Å². The van der Waals surface area contributed by atoms with Gasteiger partial charge >= 0.3 is 0 Å². The molecule has 0 atom stereocenters. The Morgan fingerprint density at radius 2 is 1.83 bits per heavy atom. The molecule has 0 bridgehead atoms. The molecule has 0 nitrogen and oxygen atoms in total. The first-order chi connectivity index (χ1) is 2.89. The Morgan fingerprint density at radius 3 is 2.00 bits per heavy atom. The van der Waals surface area contributed by atoms with Crippen LogP contribution in [0.3, 0.4) is 0 Å². The van der Waals surface area contributed by atoms with Crippen LogP contribution in [0.25, 0.3) is 0 Å². The molecule has 0 aromatic heterocycles. The van der Waals surface area contributed by atoms with Crippen molar-refractivity contribution in [3.63, 3.8) is 0 Å². The molecule has 0 saturated carbocycles. The van der Waals surface area contributed by atoms with Crippen molar-refractivity contribution in [3.8, 4) is 0 Å². The molecule has 0 aromatic carbocycles. The average molecular weight is 100 g/mol. The second-order valence-corrected chi connectivity index (χ2v) is 2.33. The Morgan fingerprint density at radius 1 is 1.33 bits per heavy atom. The molecule has 34 valence electrons. The number of hydrogen-bond donors (Lipinski definition) is 1. The summed E-state index contributed by atoms with van der Waals surface area (Å²) in [6.45, 7) is 0. The third-order valence-electron chi connectivity index (χ3n) is 0.983. The molecule has 0 N–H and O–H groups in total. The molecular formula is C5H8S. The van der Waals surface area contributed by atoms with Crippen LogP contribution in [0.4, 0.5) is 0 Å². The normalized spacial score (nSPS) is 22.8. The second kappa shape index (κ2) is 1.69. The van der Waals surface area contributed by atoms with Gasteiger partial charge in [0.1, 0.15) is 0 Å². The molecule has 1 aliphatic carbocycles. The van der Waals surface area contributed by atoms with Crippen molar-refractivity contribution in [1.82, 2.24) is 0 Å². The van der Waals surface area contributed by atoms with E-state index in [0.717, 1.165) is 0 Å². The van der Waals surface area contributed by atoms with E-state index < -0.39 is 0 Å². The van der Waals surface area contributed by atoms with Gasteiger partial charge < -0.3 is 0 Å². The molecule has 1 aliphatic rings. The standard InChI is InChI=1S/C5H8S/c6-5-3-1-2-4-5/h1-2,5-6H,3-4H2. The lowest BCUT2D eigenvalue weighted by atomic mass is 10.4. The van der Waals surface area contributed by atoms with Gasteiger partial charge in [0.2, 0.25) is 0 Å². The highest BCUT2D eigenvalue weighted by atomic mass is 32.1. The molecule has 0 aromatic rings. The fourth-order valence-corrected chi connectivity index (χ4v) is 0.846. The first kappa shape index (κ1) is 4.25. The summed E-state index contributed by atoms with van der Waals surface area (Å²) in [7, 11) is 0. The Bertz CT molecular complexity index is 58.3. The average Bonchev–Trinajstić information content (AvgIpc) is 1.86. The molecule has 0 fully saturated rings. The van der Waals surface area contributed by atoms with Crippen LogP contribution in [0.2, 0.25) is 0 Å². The first-order valence-corrected chi connectivity index (χ1v) is 2.74. The van der Waals surface area contributed by atoms with Crippen molar-refractivity contribution in [2.75, 3.05) is 0 Å². The summed E-state index contributed by atoms with van der Waals surface area (Å²) in [6.07, 6.45) is 6.70. The molecule has 0 spiro atoms. The van der Waals surface area contributed by atoms with Crippen molar-refractivity contribution in [2.45, 2.75) is 18.1 Å². The van der Waals surface area contributed by atoms with Crippen LogP contribution >= 0.6 is 12.6 Å².